The van der Waals surface area contributed by atoms with Crippen LogP contribution in [-0.4, -0.2) is 9.61 Å². The van der Waals surface area contributed by atoms with Crippen LogP contribution in [0.3, 0.4) is 0 Å². The van der Waals surface area contributed by atoms with Gasteiger partial charge < -0.3 is 0 Å². The summed E-state index contributed by atoms with van der Waals surface area (Å²) in [6.45, 7) is 5.87. The molecule has 2 aromatic rings. The Bertz CT molecular complexity index is 426. The van der Waals surface area contributed by atoms with E-state index in [4.69, 9.17) is 0 Å². The average Bonchev–Trinajstić information content (AvgIpc) is 2.49. The van der Waals surface area contributed by atoms with Crippen LogP contribution in [0.1, 0.15) is 12.5 Å². The number of hydrogen-bond donors (Lipinski definition) is 0. The minimum atomic E-state index is 1.06. The number of aromatic nitrogens is 2. The van der Waals surface area contributed by atoms with Crippen LogP contribution in [0.4, 0.5) is 0 Å². The van der Waals surface area contributed by atoms with Crippen molar-refractivity contribution in [2.45, 2.75) is 6.92 Å². The van der Waals surface area contributed by atoms with E-state index in [9.17, 15) is 0 Å². The van der Waals surface area contributed by atoms with Gasteiger partial charge in [0, 0.05) is 12.4 Å². The summed E-state index contributed by atoms with van der Waals surface area (Å²) in [5, 5.41) is 4.14. The minimum Gasteiger partial charge on any atom is -0.240 e. The van der Waals surface area contributed by atoms with Crippen LogP contribution < -0.4 is 0 Å². The monoisotopic (exact) mass is 158 g/mol. The summed E-state index contributed by atoms with van der Waals surface area (Å²) in [6, 6.07) is 6.07. The number of pyridine rings is 1. The Kier molecular flexibility index (Phi) is 1.47. The van der Waals surface area contributed by atoms with E-state index in [0.717, 1.165) is 16.7 Å². The Morgan fingerprint density at radius 1 is 1.42 bits per heavy atom. The zero-order valence-corrected chi connectivity index (χ0v) is 6.99. The number of allylic oxidation sites excluding steroid dienone is 1. The fraction of sp³-hybridized carbons (Fsp3) is 0.100. The highest BCUT2D eigenvalue weighted by atomic mass is 15.2. The molecule has 2 nitrogen and oxygen atoms in total. The van der Waals surface area contributed by atoms with Gasteiger partial charge in [-0.3, -0.25) is 0 Å². The zero-order chi connectivity index (χ0) is 8.55. The van der Waals surface area contributed by atoms with Crippen molar-refractivity contribution in [1.82, 2.24) is 9.61 Å². The lowest BCUT2D eigenvalue weighted by atomic mass is 10.1. The van der Waals surface area contributed by atoms with Gasteiger partial charge in [0.15, 0.2) is 0 Å². The first kappa shape index (κ1) is 7.10. The molecule has 0 amide bonds. The van der Waals surface area contributed by atoms with Gasteiger partial charge >= 0.3 is 0 Å². The van der Waals surface area contributed by atoms with Gasteiger partial charge in [0.1, 0.15) is 0 Å². The van der Waals surface area contributed by atoms with Crippen LogP contribution in [0.25, 0.3) is 11.1 Å². The lowest BCUT2D eigenvalue weighted by Crippen LogP contribution is -1.88. The van der Waals surface area contributed by atoms with E-state index in [1.54, 1.807) is 6.20 Å². The number of hydrogen-bond acceptors (Lipinski definition) is 1. The van der Waals surface area contributed by atoms with E-state index in [-0.39, 0.29) is 0 Å². The van der Waals surface area contributed by atoms with E-state index in [2.05, 4.69) is 17.7 Å². The van der Waals surface area contributed by atoms with Crippen molar-refractivity contribution in [2.24, 2.45) is 0 Å². The lowest BCUT2D eigenvalue weighted by molar-refractivity contribution is 0.957. The van der Waals surface area contributed by atoms with Crippen molar-refractivity contribution in [3.63, 3.8) is 0 Å². The second kappa shape index (κ2) is 2.48. The van der Waals surface area contributed by atoms with E-state index in [0.29, 0.717) is 0 Å². The summed E-state index contributed by atoms with van der Waals surface area (Å²) in [7, 11) is 0. The third-order valence-electron chi connectivity index (χ3n) is 1.89. The second-order valence-electron chi connectivity index (χ2n) is 2.90. The van der Waals surface area contributed by atoms with Gasteiger partial charge in [-0.25, -0.2) is 4.52 Å². The molecule has 12 heavy (non-hydrogen) atoms. The molecule has 0 aliphatic carbocycles. The first-order valence-electron chi connectivity index (χ1n) is 3.86. The largest absolute Gasteiger partial charge is 0.240 e. The smallest absolute Gasteiger partial charge is 0.0661 e. The molecule has 0 aromatic carbocycles. The summed E-state index contributed by atoms with van der Waals surface area (Å²) in [5.41, 5.74) is 3.30. The summed E-state index contributed by atoms with van der Waals surface area (Å²) < 4.78 is 1.85. The average molecular weight is 158 g/mol. The van der Waals surface area contributed by atoms with Crippen molar-refractivity contribution >= 4 is 11.1 Å². The van der Waals surface area contributed by atoms with E-state index in [1.807, 2.05) is 29.8 Å². The highest BCUT2D eigenvalue weighted by molar-refractivity contribution is 5.62. The van der Waals surface area contributed by atoms with Crippen molar-refractivity contribution < 1.29 is 0 Å². The van der Waals surface area contributed by atoms with Gasteiger partial charge in [-0.05, 0) is 30.2 Å². The number of rotatable bonds is 1. The molecule has 0 spiro atoms. The predicted molar refractivity (Wildman–Crippen MR) is 49.9 cm³/mol. The van der Waals surface area contributed by atoms with Crippen molar-refractivity contribution in [1.29, 1.82) is 0 Å². The van der Waals surface area contributed by atoms with Gasteiger partial charge in [-0.1, -0.05) is 12.6 Å². The normalized spacial score (nSPS) is 10.4. The van der Waals surface area contributed by atoms with Crippen molar-refractivity contribution in [3.05, 3.63) is 42.7 Å². The molecular weight excluding hydrogens is 148 g/mol. The Morgan fingerprint density at radius 3 is 3.00 bits per heavy atom. The molecule has 0 aliphatic heterocycles. The van der Waals surface area contributed by atoms with E-state index >= 15 is 0 Å². The maximum atomic E-state index is 4.14. The Balaban J connectivity index is 2.68. The molecule has 0 fully saturated rings. The summed E-state index contributed by atoms with van der Waals surface area (Å²) in [5.74, 6) is 0. The lowest BCUT2D eigenvalue weighted by Gasteiger charge is -1.99. The predicted octanol–water partition coefficient (Wildman–Crippen LogP) is 2.37. The van der Waals surface area contributed by atoms with Gasteiger partial charge in [-0.15, -0.1) is 0 Å². The van der Waals surface area contributed by atoms with Gasteiger partial charge in [0.05, 0.1) is 5.52 Å². The van der Waals surface area contributed by atoms with Gasteiger partial charge in [0.25, 0.3) is 0 Å². The van der Waals surface area contributed by atoms with Gasteiger partial charge in [0.2, 0.25) is 0 Å². The van der Waals surface area contributed by atoms with Crippen LogP contribution in [0.5, 0.6) is 0 Å². The van der Waals surface area contributed by atoms with Crippen molar-refractivity contribution in [2.75, 3.05) is 0 Å². The quantitative estimate of drug-likeness (QED) is 0.622. The van der Waals surface area contributed by atoms with Crippen LogP contribution in [-0.2, 0) is 0 Å². The molecule has 0 unspecified atom stereocenters. The molecule has 0 radical (unpaired) electrons. The first-order chi connectivity index (χ1) is 5.77. The molecule has 2 heterocycles. The first-order valence-corrected chi connectivity index (χ1v) is 3.86. The summed E-state index contributed by atoms with van der Waals surface area (Å²) >= 11 is 0. The Labute approximate surface area is 71.1 Å². The molecule has 2 heteroatoms. The summed E-state index contributed by atoms with van der Waals surface area (Å²) in [6.07, 6.45) is 3.77. The minimum absolute atomic E-state index is 1.06. The molecule has 0 aliphatic rings. The topological polar surface area (TPSA) is 17.3 Å². The van der Waals surface area contributed by atoms with Crippen LogP contribution in [0.15, 0.2) is 37.2 Å². The highest BCUT2D eigenvalue weighted by Crippen LogP contribution is 2.12. The summed E-state index contributed by atoms with van der Waals surface area (Å²) in [4.78, 5) is 0. The molecule has 0 saturated carbocycles. The molecule has 0 N–H and O–H groups in total. The number of fused-ring (bicyclic) bond motifs is 1. The molecule has 0 bridgehead atoms. The van der Waals surface area contributed by atoms with Crippen LogP contribution in [0.2, 0.25) is 0 Å². The fourth-order valence-electron chi connectivity index (χ4n) is 1.17. The molecule has 60 valence electrons. The molecular formula is C10H10N2. The fourth-order valence-corrected chi connectivity index (χ4v) is 1.17. The third-order valence-corrected chi connectivity index (χ3v) is 1.89. The SMILES string of the molecule is C=C(C)c1ccc2ccnn2c1. The second-order valence-corrected chi connectivity index (χ2v) is 2.90. The van der Waals surface area contributed by atoms with Crippen molar-refractivity contribution in [3.8, 4) is 0 Å². The van der Waals surface area contributed by atoms with Crippen LogP contribution in [0, 0.1) is 0 Å². The zero-order valence-electron chi connectivity index (χ0n) is 6.99. The van der Waals surface area contributed by atoms with Crippen LogP contribution >= 0.6 is 0 Å². The maximum Gasteiger partial charge on any atom is 0.0661 e. The highest BCUT2D eigenvalue weighted by Gasteiger charge is 1.95. The molecule has 0 saturated heterocycles. The third kappa shape index (κ3) is 1.01. The molecule has 0 atom stereocenters. The standard InChI is InChI=1S/C10H10N2/c1-8(2)9-3-4-10-5-6-11-12(10)7-9/h3-7H,1H2,2H3. The molecule has 2 rings (SSSR count). The van der Waals surface area contributed by atoms with E-state index in [1.165, 1.54) is 0 Å². The van der Waals surface area contributed by atoms with Gasteiger partial charge in [-0.2, -0.15) is 5.10 Å². The Hall–Kier alpha value is -1.57. The number of nitrogens with zero attached hydrogens (tertiary/aromatic N) is 2. The van der Waals surface area contributed by atoms with E-state index < -0.39 is 0 Å². The maximum absolute atomic E-state index is 4.14. The Morgan fingerprint density at radius 2 is 2.25 bits per heavy atom. The molecule has 2 aromatic heterocycles.